The molecule has 2 aliphatic rings. The van der Waals surface area contributed by atoms with Crippen LogP contribution in [0.2, 0.25) is 0 Å². The summed E-state index contributed by atoms with van der Waals surface area (Å²) < 4.78 is 13.9. The van der Waals surface area contributed by atoms with E-state index in [0.29, 0.717) is 29.2 Å². The number of hydrogen-bond donors (Lipinski definition) is 2. The standard InChI is InChI=1S/C24H29N5O3/c1-24(2,30)21-13-17(5-9-25-21)27-22-14-19(6-10-26-22)32-20-15-29(18-3-4-18)28-23(20)16-7-11-31-12-8-16/h5-6,9-10,13-16,18,30H,3-4,7-8,11-12H2,1-2H3,(H,25,26,27). The van der Waals surface area contributed by atoms with Gasteiger partial charge in [-0.25, -0.2) is 4.98 Å². The first kappa shape index (κ1) is 20.9. The molecule has 5 rings (SSSR count). The van der Waals surface area contributed by atoms with Crippen LogP contribution in [-0.4, -0.2) is 38.1 Å². The number of nitrogens with one attached hydrogen (secondary N) is 1. The van der Waals surface area contributed by atoms with Gasteiger partial charge in [-0.05, 0) is 57.7 Å². The van der Waals surface area contributed by atoms with Crippen LogP contribution in [0, 0.1) is 0 Å². The van der Waals surface area contributed by atoms with Gasteiger partial charge < -0.3 is 19.9 Å². The van der Waals surface area contributed by atoms with Crippen LogP contribution in [-0.2, 0) is 10.3 Å². The predicted molar refractivity (Wildman–Crippen MR) is 120 cm³/mol. The zero-order chi connectivity index (χ0) is 22.1. The highest BCUT2D eigenvalue weighted by atomic mass is 16.5. The second kappa shape index (κ2) is 8.52. The molecule has 1 aliphatic heterocycles. The molecular weight excluding hydrogens is 406 g/mol. The summed E-state index contributed by atoms with van der Waals surface area (Å²) in [5.74, 6) is 2.52. The van der Waals surface area contributed by atoms with Crippen molar-refractivity contribution in [2.24, 2.45) is 0 Å². The van der Waals surface area contributed by atoms with Gasteiger partial charge in [0.15, 0.2) is 5.75 Å². The lowest BCUT2D eigenvalue weighted by atomic mass is 9.96. The summed E-state index contributed by atoms with van der Waals surface area (Å²) in [7, 11) is 0. The number of nitrogens with zero attached hydrogens (tertiary/aromatic N) is 4. The van der Waals surface area contributed by atoms with Crippen LogP contribution in [0.25, 0.3) is 0 Å². The van der Waals surface area contributed by atoms with E-state index in [-0.39, 0.29) is 0 Å². The van der Waals surface area contributed by atoms with Crippen molar-refractivity contribution < 1.29 is 14.6 Å². The molecule has 32 heavy (non-hydrogen) atoms. The molecule has 4 heterocycles. The van der Waals surface area contributed by atoms with Crippen LogP contribution in [0.4, 0.5) is 11.5 Å². The van der Waals surface area contributed by atoms with Crippen molar-refractivity contribution in [3.63, 3.8) is 0 Å². The Bertz CT molecular complexity index is 1080. The molecule has 168 valence electrons. The van der Waals surface area contributed by atoms with Gasteiger partial charge in [0, 0.05) is 43.3 Å². The van der Waals surface area contributed by atoms with Crippen LogP contribution >= 0.6 is 0 Å². The lowest BCUT2D eigenvalue weighted by molar-refractivity contribution is 0.0739. The highest BCUT2D eigenvalue weighted by Crippen LogP contribution is 2.40. The fourth-order valence-electron chi connectivity index (χ4n) is 3.91. The van der Waals surface area contributed by atoms with Crippen molar-refractivity contribution in [3.05, 3.63) is 54.2 Å². The molecule has 8 heteroatoms. The Balaban J connectivity index is 1.36. The Kier molecular flexibility index (Phi) is 5.57. The third kappa shape index (κ3) is 4.76. The Hall–Kier alpha value is -2.97. The minimum absolute atomic E-state index is 0.357. The van der Waals surface area contributed by atoms with Gasteiger partial charge >= 0.3 is 0 Å². The van der Waals surface area contributed by atoms with Gasteiger partial charge in [0.05, 0.1) is 17.9 Å². The number of anilines is 2. The number of ether oxygens (including phenoxy) is 2. The van der Waals surface area contributed by atoms with Gasteiger partial charge in [0.2, 0.25) is 0 Å². The van der Waals surface area contributed by atoms with Crippen molar-refractivity contribution in [3.8, 4) is 11.5 Å². The molecule has 0 radical (unpaired) electrons. The van der Waals surface area contributed by atoms with E-state index in [1.807, 2.05) is 30.5 Å². The Morgan fingerprint density at radius 3 is 2.62 bits per heavy atom. The summed E-state index contributed by atoms with van der Waals surface area (Å²) in [5, 5.41) is 18.4. The average molecular weight is 436 g/mol. The van der Waals surface area contributed by atoms with Gasteiger partial charge in [-0.3, -0.25) is 9.67 Å². The Morgan fingerprint density at radius 1 is 1.09 bits per heavy atom. The van der Waals surface area contributed by atoms with E-state index >= 15 is 0 Å². The maximum atomic E-state index is 10.2. The molecule has 0 aromatic carbocycles. The van der Waals surface area contributed by atoms with Crippen LogP contribution in [0.5, 0.6) is 11.5 Å². The minimum Gasteiger partial charge on any atom is -0.454 e. The van der Waals surface area contributed by atoms with Crippen molar-refractivity contribution in [2.45, 2.75) is 57.1 Å². The quantitative estimate of drug-likeness (QED) is 0.557. The van der Waals surface area contributed by atoms with Crippen LogP contribution in [0.3, 0.4) is 0 Å². The molecule has 2 N–H and O–H groups in total. The molecule has 2 fully saturated rings. The fraction of sp³-hybridized carbons (Fsp3) is 0.458. The summed E-state index contributed by atoms with van der Waals surface area (Å²) in [6.45, 7) is 4.96. The zero-order valence-electron chi connectivity index (χ0n) is 18.5. The number of hydrogen-bond acceptors (Lipinski definition) is 7. The molecule has 0 amide bonds. The maximum absolute atomic E-state index is 10.2. The second-order valence-corrected chi connectivity index (χ2v) is 9.07. The van der Waals surface area contributed by atoms with E-state index in [1.165, 1.54) is 12.8 Å². The molecule has 3 aromatic rings. The summed E-state index contributed by atoms with van der Waals surface area (Å²) in [6, 6.07) is 7.87. The van der Waals surface area contributed by atoms with E-state index in [9.17, 15) is 5.11 Å². The average Bonchev–Trinajstić information content (AvgIpc) is 3.55. The monoisotopic (exact) mass is 435 g/mol. The number of aromatic nitrogens is 4. The molecule has 1 saturated carbocycles. The third-order valence-electron chi connectivity index (χ3n) is 5.87. The molecule has 0 unspecified atom stereocenters. The van der Waals surface area contributed by atoms with Crippen molar-refractivity contribution in [2.75, 3.05) is 18.5 Å². The highest BCUT2D eigenvalue weighted by Gasteiger charge is 2.29. The molecule has 0 atom stereocenters. The van der Waals surface area contributed by atoms with E-state index in [2.05, 4.69) is 20.0 Å². The van der Waals surface area contributed by atoms with Crippen LogP contribution < -0.4 is 10.1 Å². The van der Waals surface area contributed by atoms with Crippen molar-refractivity contribution in [1.29, 1.82) is 0 Å². The van der Waals surface area contributed by atoms with Crippen LogP contribution in [0.1, 0.15) is 62.9 Å². The predicted octanol–water partition coefficient (Wildman–Crippen LogP) is 4.67. The van der Waals surface area contributed by atoms with E-state index in [0.717, 1.165) is 43.2 Å². The number of rotatable bonds is 7. The van der Waals surface area contributed by atoms with E-state index < -0.39 is 5.60 Å². The van der Waals surface area contributed by atoms with Gasteiger partial charge in [0.25, 0.3) is 0 Å². The Labute approximate surface area is 187 Å². The maximum Gasteiger partial charge on any atom is 0.168 e. The topological polar surface area (TPSA) is 94.3 Å². The molecule has 8 nitrogen and oxygen atoms in total. The van der Waals surface area contributed by atoms with Gasteiger partial charge in [-0.1, -0.05) is 0 Å². The fourth-order valence-corrected chi connectivity index (χ4v) is 3.91. The van der Waals surface area contributed by atoms with Crippen molar-refractivity contribution >= 4 is 11.5 Å². The van der Waals surface area contributed by atoms with E-state index in [1.54, 1.807) is 26.2 Å². The first-order valence-corrected chi connectivity index (χ1v) is 11.2. The number of aliphatic hydroxyl groups is 1. The van der Waals surface area contributed by atoms with Gasteiger partial charge in [0.1, 0.15) is 22.9 Å². The summed E-state index contributed by atoms with van der Waals surface area (Å²) >= 11 is 0. The summed E-state index contributed by atoms with van der Waals surface area (Å²) in [4.78, 5) is 8.66. The lowest BCUT2D eigenvalue weighted by Gasteiger charge is -2.21. The molecule has 0 spiro atoms. The summed E-state index contributed by atoms with van der Waals surface area (Å²) in [5.41, 5.74) is 1.39. The zero-order valence-corrected chi connectivity index (χ0v) is 18.5. The number of pyridine rings is 2. The van der Waals surface area contributed by atoms with Crippen LogP contribution in [0.15, 0.2) is 42.9 Å². The Morgan fingerprint density at radius 2 is 1.88 bits per heavy atom. The third-order valence-corrected chi connectivity index (χ3v) is 5.87. The lowest BCUT2D eigenvalue weighted by Crippen LogP contribution is -2.17. The molecule has 0 bridgehead atoms. The molecule has 1 saturated heterocycles. The molecule has 1 aliphatic carbocycles. The van der Waals surface area contributed by atoms with Gasteiger partial charge in [-0.2, -0.15) is 5.10 Å². The van der Waals surface area contributed by atoms with Gasteiger partial charge in [-0.15, -0.1) is 0 Å². The normalized spacial score (nSPS) is 17.3. The molecule has 3 aromatic heterocycles. The first-order valence-electron chi connectivity index (χ1n) is 11.2. The SMILES string of the molecule is CC(C)(O)c1cc(Nc2cc(Oc3cn(C4CC4)nc3C3CCOCC3)ccn2)ccn1. The van der Waals surface area contributed by atoms with Crippen molar-refractivity contribution in [1.82, 2.24) is 19.7 Å². The minimum atomic E-state index is -1.02. The van der Waals surface area contributed by atoms with E-state index in [4.69, 9.17) is 14.6 Å². The summed E-state index contributed by atoms with van der Waals surface area (Å²) in [6.07, 6.45) is 9.71. The second-order valence-electron chi connectivity index (χ2n) is 9.07. The molecular formula is C24H29N5O3. The highest BCUT2D eigenvalue weighted by molar-refractivity contribution is 5.58. The first-order chi connectivity index (χ1) is 15.5. The smallest absolute Gasteiger partial charge is 0.168 e. The largest absolute Gasteiger partial charge is 0.454 e.